The van der Waals surface area contributed by atoms with Crippen LogP contribution < -0.4 is 5.73 Å². The highest BCUT2D eigenvalue weighted by molar-refractivity contribution is 5.76. The number of carbonyl (C=O) groups excluding carboxylic acids is 1. The van der Waals surface area contributed by atoms with Crippen LogP contribution in [0.4, 0.5) is 5.69 Å². The Labute approximate surface area is 261 Å². The lowest BCUT2D eigenvalue weighted by Gasteiger charge is -2.41. The number of unbranched alkanes of at least 4 members (excludes halogenated alkanes) is 15. The van der Waals surface area contributed by atoms with Crippen LogP contribution in [0.25, 0.3) is 0 Å². The van der Waals surface area contributed by atoms with Crippen LogP contribution in [-0.4, -0.2) is 77.0 Å². The van der Waals surface area contributed by atoms with E-state index in [1.165, 1.54) is 89.7 Å². The Morgan fingerprint density at radius 1 is 0.767 bits per heavy atom. The van der Waals surface area contributed by atoms with Gasteiger partial charge in [-0.15, -0.1) is 0 Å². The number of carbonyl (C=O) groups is 1. The van der Waals surface area contributed by atoms with E-state index in [4.69, 9.17) is 15.2 Å². The van der Waals surface area contributed by atoms with Crippen LogP contribution in [-0.2, 0) is 20.7 Å². The van der Waals surface area contributed by atoms with Gasteiger partial charge in [0, 0.05) is 32.3 Å². The zero-order valence-electron chi connectivity index (χ0n) is 27.1. The molecular weight excluding hydrogens is 544 g/mol. The SMILES string of the molecule is CCCCCCCCCCCCCCCCCC(=O)N(CCCCc1ccc(N)cc1)C[C@H]1O[C@H](OC)[C@H](O)[C@@H](O)[C@@H]1O. The van der Waals surface area contributed by atoms with Crippen LogP contribution >= 0.6 is 0 Å². The molecule has 1 aromatic carbocycles. The summed E-state index contributed by atoms with van der Waals surface area (Å²) >= 11 is 0. The Bertz CT molecular complexity index is 836. The zero-order chi connectivity index (χ0) is 31.3. The van der Waals surface area contributed by atoms with Crippen molar-refractivity contribution in [3.05, 3.63) is 29.8 Å². The van der Waals surface area contributed by atoms with Gasteiger partial charge in [0.25, 0.3) is 0 Å². The van der Waals surface area contributed by atoms with E-state index < -0.39 is 30.7 Å². The highest BCUT2D eigenvalue weighted by atomic mass is 16.7. The van der Waals surface area contributed by atoms with Gasteiger partial charge in [-0.25, -0.2) is 0 Å². The van der Waals surface area contributed by atoms with Crippen molar-refractivity contribution >= 4 is 11.6 Å². The van der Waals surface area contributed by atoms with Gasteiger partial charge < -0.3 is 35.4 Å². The second-order valence-electron chi connectivity index (χ2n) is 12.5. The summed E-state index contributed by atoms with van der Waals surface area (Å²) in [7, 11) is 1.38. The van der Waals surface area contributed by atoms with Crippen molar-refractivity contribution in [3.8, 4) is 0 Å². The summed E-state index contributed by atoms with van der Waals surface area (Å²) in [6, 6.07) is 7.85. The number of hydrogen-bond acceptors (Lipinski definition) is 7. The van der Waals surface area contributed by atoms with Crippen LogP contribution in [0.1, 0.15) is 128 Å². The predicted molar refractivity (Wildman–Crippen MR) is 174 cm³/mol. The molecule has 8 nitrogen and oxygen atoms in total. The fourth-order valence-corrected chi connectivity index (χ4v) is 5.92. The second-order valence-corrected chi connectivity index (χ2v) is 12.5. The maximum absolute atomic E-state index is 13.3. The fraction of sp³-hybridized carbons (Fsp3) is 0.800. The van der Waals surface area contributed by atoms with E-state index in [0.717, 1.165) is 44.2 Å². The molecule has 248 valence electrons. The number of anilines is 1. The molecule has 1 fully saturated rings. The van der Waals surface area contributed by atoms with Gasteiger partial charge in [0.2, 0.25) is 5.91 Å². The van der Waals surface area contributed by atoms with Crippen molar-refractivity contribution in [1.82, 2.24) is 4.90 Å². The standard InChI is InChI=1S/C35H62N2O6/c1-3-4-5-6-7-8-9-10-11-12-13-14-15-16-17-21-31(38)37(26-19-18-20-28-22-24-29(36)25-23-28)27-30-32(39)33(40)34(41)35(42-2)43-30/h22-25,30,32-35,39-41H,3-21,26-27,36H2,1-2H3/t30-,32-,33+,34-,35+/m1/s1. The van der Waals surface area contributed by atoms with Crippen molar-refractivity contribution in [2.75, 3.05) is 25.9 Å². The maximum atomic E-state index is 13.3. The number of rotatable bonds is 24. The molecule has 1 aliphatic heterocycles. The van der Waals surface area contributed by atoms with Crippen LogP contribution in [0.15, 0.2) is 24.3 Å². The molecule has 0 aromatic heterocycles. The quantitative estimate of drug-likeness (QED) is 0.0823. The van der Waals surface area contributed by atoms with Crippen LogP contribution in [0.3, 0.4) is 0 Å². The van der Waals surface area contributed by atoms with E-state index in [2.05, 4.69) is 6.92 Å². The minimum atomic E-state index is -1.40. The molecule has 2 rings (SSSR count). The Hall–Kier alpha value is -1.71. The summed E-state index contributed by atoms with van der Waals surface area (Å²) in [6.45, 7) is 2.95. The van der Waals surface area contributed by atoms with Crippen LogP contribution in [0.2, 0.25) is 0 Å². The van der Waals surface area contributed by atoms with Gasteiger partial charge in [0.15, 0.2) is 6.29 Å². The third-order valence-corrected chi connectivity index (χ3v) is 8.77. The summed E-state index contributed by atoms with van der Waals surface area (Å²) < 4.78 is 10.9. The molecule has 1 saturated heterocycles. The molecule has 0 unspecified atom stereocenters. The first-order valence-electron chi connectivity index (χ1n) is 17.2. The van der Waals surface area contributed by atoms with Gasteiger partial charge in [-0.1, -0.05) is 109 Å². The van der Waals surface area contributed by atoms with E-state index in [-0.39, 0.29) is 12.5 Å². The van der Waals surface area contributed by atoms with E-state index in [9.17, 15) is 20.1 Å². The first-order chi connectivity index (χ1) is 20.9. The van der Waals surface area contributed by atoms with Gasteiger partial charge in [-0.3, -0.25) is 4.79 Å². The summed E-state index contributed by atoms with van der Waals surface area (Å²) in [5.74, 6) is 0.0348. The topological polar surface area (TPSA) is 125 Å². The number of methoxy groups -OCH3 is 1. The minimum Gasteiger partial charge on any atom is -0.399 e. The smallest absolute Gasteiger partial charge is 0.222 e. The van der Waals surface area contributed by atoms with Crippen LogP contribution in [0.5, 0.6) is 0 Å². The molecule has 1 amide bonds. The Morgan fingerprint density at radius 2 is 1.30 bits per heavy atom. The van der Waals surface area contributed by atoms with E-state index in [1.807, 2.05) is 24.3 Å². The Morgan fingerprint density at radius 3 is 1.84 bits per heavy atom. The number of amides is 1. The number of aliphatic hydroxyl groups excluding tert-OH is 3. The highest BCUT2D eigenvalue weighted by Gasteiger charge is 2.44. The molecule has 0 radical (unpaired) electrons. The molecule has 1 heterocycles. The molecule has 0 saturated carbocycles. The average molecular weight is 607 g/mol. The van der Waals surface area contributed by atoms with Crippen molar-refractivity contribution in [1.29, 1.82) is 0 Å². The third-order valence-electron chi connectivity index (χ3n) is 8.77. The fourth-order valence-electron chi connectivity index (χ4n) is 5.92. The lowest BCUT2D eigenvalue weighted by Crippen LogP contribution is -2.60. The average Bonchev–Trinajstić information content (AvgIpc) is 3.01. The molecular formula is C35H62N2O6. The number of aryl methyl sites for hydroxylation is 1. The van der Waals surface area contributed by atoms with Crippen molar-refractivity contribution in [2.24, 2.45) is 0 Å². The summed E-state index contributed by atoms with van der Waals surface area (Å²) in [6.07, 6.45) is 16.3. The summed E-state index contributed by atoms with van der Waals surface area (Å²) in [5, 5.41) is 31.0. The van der Waals surface area contributed by atoms with Gasteiger partial charge >= 0.3 is 0 Å². The van der Waals surface area contributed by atoms with Gasteiger partial charge in [-0.2, -0.15) is 0 Å². The molecule has 5 atom stereocenters. The molecule has 43 heavy (non-hydrogen) atoms. The maximum Gasteiger partial charge on any atom is 0.222 e. The molecule has 8 heteroatoms. The molecule has 1 aliphatic rings. The van der Waals surface area contributed by atoms with E-state index >= 15 is 0 Å². The monoisotopic (exact) mass is 606 g/mol. The van der Waals surface area contributed by atoms with E-state index in [1.54, 1.807) is 4.90 Å². The van der Waals surface area contributed by atoms with Gasteiger partial charge in [0.05, 0.1) is 0 Å². The lowest BCUT2D eigenvalue weighted by atomic mass is 9.98. The van der Waals surface area contributed by atoms with Crippen molar-refractivity contribution < 1.29 is 29.6 Å². The largest absolute Gasteiger partial charge is 0.399 e. The number of ether oxygens (including phenoxy) is 2. The predicted octanol–water partition coefficient (Wildman–Crippen LogP) is 6.14. The van der Waals surface area contributed by atoms with Crippen molar-refractivity contribution in [3.63, 3.8) is 0 Å². The highest BCUT2D eigenvalue weighted by Crippen LogP contribution is 2.23. The van der Waals surface area contributed by atoms with Crippen LogP contribution in [0, 0.1) is 0 Å². The summed E-state index contributed by atoms with van der Waals surface area (Å²) in [5.41, 5.74) is 7.74. The number of nitrogens with zero attached hydrogens (tertiary/aromatic N) is 1. The molecule has 0 spiro atoms. The summed E-state index contributed by atoms with van der Waals surface area (Å²) in [4.78, 5) is 15.0. The zero-order valence-corrected chi connectivity index (χ0v) is 27.1. The number of hydrogen-bond donors (Lipinski definition) is 4. The Balaban J connectivity index is 1.69. The van der Waals surface area contributed by atoms with E-state index in [0.29, 0.717) is 13.0 Å². The third kappa shape index (κ3) is 15.2. The molecule has 0 bridgehead atoms. The Kier molecular flexibility index (Phi) is 19.8. The number of benzene rings is 1. The van der Waals surface area contributed by atoms with Gasteiger partial charge in [0.1, 0.15) is 24.4 Å². The first kappa shape index (κ1) is 37.5. The number of nitrogens with two attached hydrogens (primary N) is 1. The molecule has 1 aromatic rings. The normalized spacial score (nSPS) is 22.1. The number of nitrogen functional groups attached to an aromatic ring is 1. The van der Waals surface area contributed by atoms with Gasteiger partial charge in [-0.05, 0) is 43.4 Å². The minimum absolute atomic E-state index is 0.0348. The molecule has 5 N–H and O–H groups in total. The lowest BCUT2D eigenvalue weighted by molar-refractivity contribution is -0.291. The first-order valence-corrected chi connectivity index (χ1v) is 17.2. The second kappa shape index (κ2) is 22.7. The number of aliphatic hydroxyl groups is 3. The van der Waals surface area contributed by atoms with Crippen molar-refractivity contribution in [2.45, 2.75) is 160 Å². The molecule has 0 aliphatic carbocycles.